The first-order valence-corrected chi connectivity index (χ1v) is 8.30. The van der Waals surface area contributed by atoms with Crippen molar-refractivity contribution in [2.75, 3.05) is 11.9 Å². The molecule has 0 aliphatic carbocycles. The highest BCUT2D eigenvalue weighted by Crippen LogP contribution is 2.28. The summed E-state index contributed by atoms with van der Waals surface area (Å²) in [5.74, 6) is 0.0718. The lowest BCUT2D eigenvalue weighted by molar-refractivity contribution is -0.117. The minimum absolute atomic E-state index is 0.0718. The Morgan fingerprint density at radius 3 is 2.30 bits per heavy atom. The number of aryl methyl sites for hydroxylation is 1. The van der Waals surface area contributed by atoms with Crippen LogP contribution in [0.25, 0.3) is 10.6 Å². The van der Waals surface area contributed by atoms with Crippen LogP contribution in [0.3, 0.4) is 0 Å². The van der Waals surface area contributed by atoms with E-state index in [9.17, 15) is 4.79 Å². The maximum Gasteiger partial charge on any atom is 0.232 e. The summed E-state index contributed by atoms with van der Waals surface area (Å²) in [5, 5.41) is 0.966. The zero-order valence-corrected chi connectivity index (χ0v) is 14.0. The second kappa shape index (κ2) is 6.75. The van der Waals surface area contributed by atoms with Crippen molar-refractivity contribution in [3.8, 4) is 10.6 Å². The van der Waals surface area contributed by atoms with E-state index in [0.29, 0.717) is 6.42 Å². The Bertz CT molecular complexity index is 797. The molecule has 3 nitrogen and oxygen atoms in total. The van der Waals surface area contributed by atoms with Crippen LogP contribution in [0.5, 0.6) is 0 Å². The molecule has 0 fully saturated rings. The average molecular weight is 322 g/mol. The molecule has 1 amide bonds. The molecule has 0 unspecified atom stereocenters. The Morgan fingerprint density at radius 2 is 1.65 bits per heavy atom. The zero-order valence-electron chi connectivity index (χ0n) is 13.2. The van der Waals surface area contributed by atoms with Crippen molar-refractivity contribution in [3.63, 3.8) is 0 Å². The number of benzene rings is 2. The molecule has 1 heterocycles. The molecular formula is C19H18N2OS. The molecule has 1 aromatic heterocycles. The smallest absolute Gasteiger partial charge is 0.232 e. The normalized spacial score (nSPS) is 10.5. The number of carbonyl (C=O) groups excluding carboxylic acids is 1. The Labute approximate surface area is 140 Å². The van der Waals surface area contributed by atoms with Crippen LogP contribution in [0, 0.1) is 6.92 Å². The maximum absolute atomic E-state index is 12.5. The maximum atomic E-state index is 12.5. The average Bonchev–Trinajstić information content (AvgIpc) is 2.96. The van der Waals surface area contributed by atoms with Gasteiger partial charge in [0.1, 0.15) is 5.01 Å². The fourth-order valence-electron chi connectivity index (χ4n) is 2.35. The molecule has 0 atom stereocenters. The monoisotopic (exact) mass is 322 g/mol. The van der Waals surface area contributed by atoms with Gasteiger partial charge in [-0.05, 0) is 19.1 Å². The highest BCUT2D eigenvalue weighted by atomic mass is 32.1. The number of likely N-dealkylation sites (N-methyl/N-ethyl adjacent to an activating group) is 1. The molecule has 0 aliphatic rings. The third-order valence-electron chi connectivity index (χ3n) is 3.74. The molecule has 2 aromatic carbocycles. The minimum atomic E-state index is 0.0718. The van der Waals surface area contributed by atoms with Crippen LogP contribution in [0.2, 0.25) is 0 Å². The molecule has 0 spiro atoms. The van der Waals surface area contributed by atoms with E-state index in [4.69, 9.17) is 0 Å². The van der Waals surface area contributed by atoms with E-state index in [0.717, 1.165) is 26.8 Å². The molecule has 0 saturated carbocycles. The van der Waals surface area contributed by atoms with E-state index in [-0.39, 0.29) is 5.91 Å². The number of amides is 1. The van der Waals surface area contributed by atoms with Gasteiger partial charge < -0.3 is 4.90 Å². The van der Waals surface area contributed by atoms with Crippen LogP contribution in [0.1, 0.15) is 10.6 Å². The van der Waals surface area contributed by atoms with Gasteiger partial charge in [0.05, 0.1) is 12.1 Å². The summed E-state index contributed by atoms with van der Waals surface area (Å²) in [5.41, 5.74) is 2.93. The summed E-state index contributed by atoms with van der Waals surface area (Å²) in [6, 6.07) is 19.8. The second-order valence-electron chi connectivity index (χ2n) is 5.36. The van der Waals surface area contributed by atoms with Crippen molar-refractivity contribution >= 4 is 22.9 Å². The van der Waals surface area contributed by atoms with Gasteiger partial charge in [0, 0.05) is 23.2 Å². The van der Waals surface area contributed by atoms with Gasteiger partial charge in [0.25, 0.3) is 0 Å². The number of carbonyl (C=O) groups is 1. The Morgan fingerprint density at radius 1 is 1.04 bits per heavy atom. The van der Waals surface area contributed by atoms with Gasteiger partial charge in [-0.3, -0.25) is 4.79 Å². The van der Waals surface area contributed by atoms with Crippen LogP contribution in [0.15, 0.2) is 60.7 Å². The van der Waals surface area contributed by atoms with E-state index < -0.39 is 0 Å². The van der Waals surface area contributed by atoms with Crippen molar-refractivity contribution < 1.29 is 4.79 Å². The van der Waals surface area contributed by atoms with Gasteiger partial charge in [0.2, 0.25) is 5.91 Å². The first-order chi connectivity index (χ1) is 11.1. The van der Waals surface area contributed by atoms with Crippen molar-refractivity contribution in [3.05, 3.63) is 71.2 Å². The molecule has 0 aliphatic heterocycles. The van der Waals surface area contributed by atoms with Crippen molar-refractivity contribution in [1.29, 1.82) is 0 Å². The van der Waals surface area contributed by atoms with Crippen molar-refractivity contribution in [2.45, 2.75) is 13.3 Å². The summed E-state index contributed by atoms with van der Waals surface area (Å²) >= 11 is 1.59. The number of thiazole rings is 1. The van der Waals surface area contributed by atoms with Crippen molar-refractivity contribution in [2.24, 2.45) is 0 Å². The van der Waals surface area contributed by atoms with Crippen molar-refractivity contribution in [1.82, 2.24) is 4.98 Å². The summed E-state index contributed by atoms with van der Waals surface area (Å²) in [6.07, 6.45) is 0.377. The zero-order chi connectivity index (χ0) is 16.2. The van der Waals surface area contributed by atoms with Gasteiger partial charge >= 0.3 is 0 Å². The fourth-order valence-corrected chi connectivity index (χ4v) is 3.41. The summed E-state index contributed by atoms with van der Waals surface area (Å²) in [4.78, 5) is 19.8. The highest BCUT2D eigenvalue weighted by molar-refractivity contribution is 7.15. The number of hydrogen-bond donors (Lipinski definition) is 0. The lowest BCUT2D eigenvalue weighted by Gasteiger charge is -2.16. The first kappa shape index (κ1) is 15.4. The van der Waals surface area contributed by atoms with Crippen LogP contribution < -0.4 is 4.90 Å². The second-order valence-corrected chi connectivity index (χ2v) is 6.44. The van der Waals surface area contributed by atoms with Gasteiger partial charge in [-0.15, -0.1) is 11.3 Å². The Balaban J connectivity index is 1.78. The highest BCUT2D eigenvalue weighted by Gasteiger charge is 2.16. The number of hydrogen-bond acceptors (Lipinski definition) is 3. The molecule has 3 rings (SSSR count). The molecule has 4 heteroatoms. The van der Waals surface area contributed by atoms with E-state index in [2.05, 4.69) is 4.98 Å². The number of aromatic nitrogens is 1. The third-order valence-corrected chi connectivity index (χ3v) is 4.95. The lowest BCUT2D eigenvalue weighted by Crippen LogP contribution is -2.27. The SMILES string of the molecule is Cc1nc(-c2ccccc2)sc1CC(=O)N(C)c1ccccc1. The molecular weight excluding hydrogens is 304 g/mol. The van der Waals surface area contributed by atoms with Gasteiger partial charge in [0.15, 0.2) is 0 Å². The van der Waals surface area contributed by atoms with Gasteiger partial charge in [-0.1, -0.05) is 48.5 Å². The van der Waals surface area contributed by atoms with E-state index >= 15 is 0 Å². The van der Waals surface area contributed by atoms with Crippen LogP contribution >= 0.6 is 11.3 Å². The summed E-state index contributed by atoms with van der Waals surface area (Å²) in [7, 11) is 1.81. The molecule has 23 heavy (non-hydrogen) atoms. The first-order valence-electron chi connectivity index (χ1n) is 7.48. The van der Waals surface area contributed by atoms with Gasteiger partial charge in [-0.2, -0.15) is 0 Å². The molecule has 116 valence electrons. The Hall–Kier alpha value is -2.46. The standard InChI is InChI=1S/C19H18N2OS/c1-14-17(23-19(20-14)15-9-5-3-6-10-15)13-18(22)21(2)16-11-7-4-8-12-16/h3-12H,13H2,1-2H3. The fraction of sp³-hybridized carbons (Fsp3) is 0.158. The number of rotatable bonds is 4. The quantitative estimate of drug-likeness (QED) is 0.716. The summed E-state index contributed by atoms with van der Waals surface area (Å²) in [6.45, 7) is 1.97. The van der Waals surface area contributed by atoms with Crippen LogP contribution in [0.4, 0.5) is 5.69 Å². The van der Waals surface area contributed by atoms with E-state index in [1.165, 1.54) is 0 Å². The minimum Gasteiger partial charge on any atom is -0.315 e. The largest absolute Gasteiger partial charge is 0.315 e. The number of para-hydroxylation sites is 1. The molecule has 0 bridgehead atoms. The topological polar surface area (TPSA) is 33.2 Å². The summed E-state index contributed by atoms with van der Waals surface area (Å²) < 4.78 is 0. The molecule has 0 saturated heterocycles. The van der Waals surface area contributed by atoms with Crippen LogP contribution in [-0.2, 0) is 11.2 Å². The van der Waals surface area contributed by atoms with Crippen LogP contribution in [-0.4, -0.2) is 17.9 Å². The van der Waals surface area contributed by atoms with E-state index in [1.54, 1.807) is 16.2 Å². The van der Waals surface area contributed by atoms with Gasteiger partial charge in [-0.25, -0.2) is 4.98 Å². The number of anilines is 1. The predicted octanol–water partition coefficient (Wildman–Crippen LogP) is 4.32. The third kappa shape index (κ3) is 3.48. The lowest BCUT2D eigenvalue weighted by atomic mass is 10.2. The predicted molar refractivity (Wildman–Crippen MR) is 95.8 cm³/mol. The molecule has 0 radical (unpaired) electrons. The Kier molecular flexibility index (Phi) is 4.53. The number of nitrogens with zero attached hydrogens (tertiary/aromatic N) is 2. The van der Waals surface area contributed by atoms with E-state index in [1.807, 2.05) is 74.6 Å². The molecule has 3 aromatic rings. The molecule has 0 N–H and O–H groups in total.